The van der Waals surface area contributed by atoms with Crippen LogP contribution < -0.4 is 28.3 Å². The molecule has 3 aliphatic heterocycles. The number of aliphatic hydroxyl groups excluding tert-OH is 3. The minimum atomic E-state index is -5.44. The average Bonchev–Trinajstić information content (AvgIpc) is 4.14. The molecule has 0 radical (unpaired) electrons. The van der Waals surface area contributed by atoms with E-state index in [0.717, 1.165) is 30.2 Å². The molecule has 14 N–H and O–H groups in total. The highest BCUT2D eigenvalue weighted by Crippen LogP contribution is 2.53. The van der Waals surface area contributed by atoms with Gasteiger partial charge in [0.05, 0.1) is 44.3 Å². The van der Waals surface area contributed by atoms with E-state index in [1.165, 1.54) is 28.6 Å². The van der Waals surface area contributed by atoms with Crippen LogP contribution in [-0.4, -0.2) is 172 Å². The van der Waals surface area contributed by atoms with E-state index in [1.807, 2.05) is 0 Å². The first kappa shape index (κ1) is 49.8. The van der Waals surface area contributed by atoms with Crippen molar-refractivity contribution in [3.63, 3.8) is 0 Å². The molecule has 0 saturated carbocycles. The predicted molar refractivity (Wildman–Crippen MR) is 231 cm³/mol. The summed E-state index contributed by atoms with van der Waals surface area (Å²) in [5.74, 6) is -0.412. The summed E-state index contributed by atoms with van der Waals surface area (Å²) in [5.41, 5.74) is 15.9. The molecule has 3 saturated heterocycles. The van der Waals surface area contributed by atoms with Crippen molar-refractivity contribution in [3.8, 4) is 0 Å². The summed E-state index contributed by atoms with van der Waals surface area (Å²) in [6, 6.07) is 1.33. The molecule has 6 aromatic heterocycles. The van der Waals surface area contributed by atoms with Crippen molar-refractivity contribution in [2.45, 2.75) is 73.6 Å². The Morgan fingerprint density at radius 3 is 1.91 bits per heavy atom. The van der Waals surface area contributed by atoms with Gasteiger partial charge in [-0.3, -0.25) is 46.4 Å². The minimum absolute atomic E-state index is 0.00860. The molecule has 0 spiro atoms. The van der Waals surface area contributed by atoms with Gasteiger partial charge in [-0.2, -0.15) is 4.98 Å². The van der Waals surface area contributed by atoms with Crippen LogP contribution in [0, 0.1) is 0 Å². The SMILES string of the molecule is COC1[C@@H](OP(=O)(O)OC[C@H]2O[C@@H](n3cnc4c(=O)[nH]c(N)nc43)C(O)[C@H]2OP(=O)(O)OC[C@H]2O[C@@H](n3cnc4c(=O)[nH]c(N)cc43)C(O)[C@H]2O)[C@@H](COP(C)(=O)O)O[C@H]1n1cnc2c(N)ncnc21. The molecule has 6 unspecified atom stereocenters. The fourth-order valence-corrected chi connectivity index (χ4v) is 10.5. The molecule has 3 aliphatic rings. The highest BCUT2D eigenvalue weighted by atomic mass is 31.2. The molecular formula is C33H43N14O20P3. The monoisotopic (exact) mass is 1050 g/mol. The molecule has 0 aromatic carbocycles. The van der Waals surface area contributed by atoms with Crippen LogP contribution in [-0.2, 0) is 55.3 Å². The summed E-state index contributed by atoms with van der Waals surface area (Å²) >= 11 is 0. The number of phosphoric ester groups is 2. The first-order chi connectivity index (χ1) is 33.0. The number of nitrogen functional groups attached to an aromatic ring is 3. The van der Waals surface area contributed by atoms with E-state index in [9.17, 15) is 53.3 Å². The Labute approximate surface area is 388 Å². The summed E-state index contributed by atoms with van der Waals surface area (Å²) in [7, 11) is -13.8. The fraction of sp³-hybridized carbons (Fsp3) is 0.515. The molecule has 70 heavy (non-hydrogen) atoms. The Kier molecular flexibility index (Phi) is 13.3. The Morgan fingerprint density at radius 1 is 0.657 bits per heavy atom. The van der Waals surface area contributed by atoms with Gasteiger partial charge in [0.15, 0.2) is 46.8 Å². The Hall–Kier alpha value is -5.19. The van der Waals surface area contributed by atoms with E-state index in [0.29, 0.717) is 0 Å². The Bertz CT molecular complexity index is 3200. The predicted octanol–water partition coefficient (Wildman–Crippen LogP) is -2.93. The van der Waals surface area contributed by atoms with Crippen LogP contribution in [0.2, 0.25) is 0 Å². The number of H-pyrrole nitrogens is 2. The molecule has 37 heteroatoms. The minimum Gasteiger partial charge on any atom is -0.387 e. The standard InChI is InChI=1S/C33H43N14O20P3/c1-59-24-23(14(5-60-68(2,53)54)65-32(24)46-9-40-17-25(35)37-7-38-26(17)46)67-70(57,58)62-6-13-22(21(50)31(64-13)47-10-41-18-27(47)43-33(36)44-29(18)52)66-69(55,56)61-4-12-19(48)20(49)30(63-12)45-8-39-16-11(45)3-15(34)42-28(16)51/h3,7-10,12-14,19-24,30-32,48-50H,4-6H2,1-2H3,(H,53,54)(H,55,56)(H,57,58)(H3,34,42,51)(H2,35,37,38)(H3,36,43,44,52)/t12-,13-,14-,19+,20?,21?,22+,23+,24?,30-,31-,32-/m1/s1. The number of aromatic amines is 2. The Balaban J connectivity index is 0.945. The lowest BCUT2D eigenvalue weighted by molar-refractivity contribution is -0.0617. The Morgan fingerprint density at radius 2 is 1.21 bits per heavy atom. The molecule has 380 valence electrons. The summed E-state index contributed by atoms with van der Waals surface area (Å²) in [4.78, 5) is 86.0. The summed E-state index contributed by atoms with van der Waals surface area (Å²) < 4.78 is 93.3. The molecule has 34 nitrogen and oxygen atoms in total. The van der Waals surface area contributed by atoms with Gasteiger partial charge in [-0.15, -0.1) is 0 Å². The maximum absolute atomic E-state index is 13.9. The number of methoxy groups -OCH3 is 1. The van der Waals surface area contributed by atoms with Crippen LogP contribution in [0.15, 0.2) is 41.0 Å². The lowest BCUT2D eigenvalue weighted by atomic mass is 10.1. The third-order valence-corrected chi connectivity index (χ3v) is 13.9. The molecule has 6 aromatic rings. The maximum atomic E-state index is 13.9. The van der Waals surface area contributed by atoms with Gasteiger partial charge in [0.1, 0.15) is 72.6 Å². The number of phosphoric acid groups is 2. The number of aromatic nitrogens is 11. The smallest absolute Gasteiger partial charge is 0.387 e. The zero-order valence-electron chi connectivity index (χ0n) is 35.9. The van der Waals surface area contributed by atoms with Crippen molar-refractivity contribution < 1.29 is 85.3 Å². The zero-order valence-corrected chi connectivity index (χ0v) is 38.6. The molecule has 0 amide bonds. The van der Waals surface area contributed by atoms with Gasteiger partial charge in [0.2, 0.25) is 5.95 Å². The lowest BCUT2D eigenvalue weighted by Gasteiger charge is -2.27. The van der Waals surface area contributed by atoms with Crippen molar-refractivity contribution >= 4 is 74.2 Å². The molecular weight excluding hydrogens is 1010 g/mol. The number of nitrogens with two attached hydrogens (primary N) is 3. The normalized spacial score (nSPS) is 30.9. The number of fused-ring (bicyclic) bond motifs is 3. The van der Waals surface area contributed by atoms with E-state index >= 15 is 0 Å². The van der Waals surface area contributed by atoms with Gasteiger partial charge >= 0.3 is 23.2 Å². The largest absolute Gasteiger partial charge is 0.472 e. The van der Waals surface area contributed by atoms with E-state index in [-0.39, 0.29) is 50.9 Å². The van der Waals surface area contributed by atoms with Gasteiger partial charge in [-0.1, -0.05) is 0 Å². The molecule has 9 heterocycles. The van der Waals surface area contributed by atoms with Gasteiger partial charge in [0, 0.05) is 19.8 Å². The first-order valence-electron chi connectivity index (χ1n) is 20.3. The number of nitrogens with one attached hydrogen (secondary N) is 2. The van der Waals surface area contributed by atoms with Crippen LogP contribution in [0.3, 0.4) is 0 Å². The van der Waals surface area contributed by atoms with E-state index < -0.39 is 128 Å². The topological polar surface area (TPSA) is 492 Å². The van der Waals surface area contributed by atoms with Gasteiger partial charge < -0.3 is 80.2 Å². The molecule has 3 fully saturated rings. The van der Waals surface area contributed by atoms with E-state index in [1.54, 1.807) is 0 Å². The summed E-state index contributed by atoms with van der Waals surface area (Å²) in [6.45, 7) is -1.84. The second-order valence-corrected chi connectivity index (χ2v) is 20.6. The first-order valence-corrected chi connectivity index (χ1v) is 25.3. The number of hydrogen-bond donors (Lipinski definition) is 11. The molecule has 0 aliphatic carbocycles. The third-order valence-electron chi connectivity index (χ3n) is 11.3. The number of hydrogen-bond acceptors (Lipinski definition) is 26. The highest BCUT2D eigenvalue weighted by Gasteiger charge is 2.54. The van der Waals surface area contributed by atoms with Gasteiger partial charge in [-0.25, -0.2) is 34.0 Å². The summed E-state index contributed by atoms with van der Waals surface area (Å²) in [6.07, 6.45) is -15.1. The summed E-state index contributed by atoms with van der Waals surface area (Å²) in [5, 5.41) is 33.4. The van der Waals surface area contributed by atoms with Crippen molar-refractivity contribution in [2.24, 2.45) is 0 Å². The van der Waals surface area contributed by atoms with E-state index in [4.69, 9.17) is 58.8 Å². The number of pyridine rings is 1. The molecule has 0 bridgehead atoms. The van der Waals surface area contributed by atoms with Gasteiger partial charge in [0.25, 0.3) is 11.1 Å². The molecule has 15 atom stereocenters. The van der Waals surface area contributed by atoms with Crippen molar-refractivity contribution in [2.75, 3.05) is 50.8 Å². The van der Waals surface area contributed by atoms with Crippen LogP contribution >= 0.6 is 23.2 Å². The number of rotatable bonds is 17. The fourth-order valence-electron chi connectivity index (χ4n) is 8.12. The lowest BCUT2D eigenvalue weighted by Crippen LogP contribution is -2.38. The number of anilines is 3. The van der Waals surface area contributed by atoms with Crippen molar-refractivity contribution in [3.05, 3.63) is 52.1 Å². The number of imidazole rings is 3. The van der Waals surface area contributed by atoms with Crippen LogP contribution in [0.5, 0.6) is 0 Å². The second kappa shape index (κ2) is 18.8. The highest BCUT2D eigenvalue weighted by molar-refractivity contribution is 7.51. The van der Waals surface area contributed by atoms with Gasteiger partial charge in [-0.05, 0) is 0 Å². The van der Waals surface area contributed by atoms with Crippen LogP contribution in [0.1, 0.15) is 18.7 Å². The van der Waals surface area contributed by atoms with Crippen LogP contribution in [0.4, 0.5) is 17.6 Å². The number of nitrogens with zero attached hydrogens (tertiary/aromatic N) is 9. The van der Waals surface area contributed by atoms with Crippen molar-refractivity contribution in [1.82, 2.24) is 53.6 Å². The van der Waals surface area contributed by atoms with Crippen LogP contribution in [0.25, 0.3) is 33.4 Å². The van der Waals surface area contributed by atoms with E-state index in [2.05, 4.69) is 39.9 Å². The maximum Gasteiger partial charge on any atom is 0.472 e. The second-order valence-electron chi connectivity index (χ2n) is 15.9. The quantitative estimate of drug-likeness (QED) is 0.0407. The number of aliphatic hydroxyl groups is 3. The zero-order chi connectivity index (χ0) is 50.2. The molecule has 9 rings (SSSR count). The third kappa shape index (κ3) is 9.64. The van der Waals surface area contributed by atoms with Crippen molar-refractivity contribution in [1.29, 1.82) is 0 Å². The number of ether oxygens (including phenoxy) is 4. The average molecular weight is 1050 g/mol.